The highest BCUT2D eigenvalue weighted by atomic mass is 32.1. The van der Waals surface area contributed by atoms with Crippen LogP contribution in [0.2, 0.25) is 0 Å². The molecule has 3 rings (SSSR count). The van der Waals surface area contributed by atoms with E-state index < -0.39 is 0 Å². The lowest BCUT2D eigenvalue weighted by Gasteiger charge is -2.18. The van der Waals surface area contributed by atoms with Gasteiger partial charge in [0.2, 0.25) is 5.91 Å². The fraction of sp³-hybridized carbons (Fsp3) is 0.333. The Bertz CT molecular complexity index is 996. The number of benzene rings is 2. The van der Waals surface area contributed by atoms with E-state index in [-0.39, 0.29) is 24.5 Å². The molecule has 3 aromatic rings. The highest BCUT2D eigenvalue weighted by molar-refractivity contribution is 7.13. The van der Waals surface area contributed by atoms with Crippen molar-refractivity contribution >= 4 is 17.2 Å². The molecule has 0 spiro atoms. The number of methoxy groups -OCH3 is 1. The van der Waals surface area contributed by atoms with Crippen molar-refractivity contribution in [3.8, 4) is 22.1 Å². The van der Waals surface area contributed by atoms with E-state index in [1.54, 1.807) is 18.4 Å². The number of carbonyl (C=O) groups is 1. The molecule has 0 aliphatic rings. The van der Waals surface area contributed by atoms with Crippen molar-refractivity contribution in [3.05, 3.63) is 64.7 Å². The Labute approximate surface area is 182 Å². The van der Waals surface area contributed by atoms with E-state index in [9.17, 15) is 4.79 Å². The van der Waals surface area contributed by atoms with Crippen LogP contribution in [0.5, 0.6) is 11.5 Å². The fourth-order valence-corrected chi connectivity index (χ4v) is 3.89. The monoisotopic (exact) mass is 424 g/mol. The summed E-state index contributed by atoms with van der Waals surface area (Å²) in [6.07, 6.45) is 0.308. The zero-order chi connectivity index (χ0) is 21.7. The number of nitrogens with one attached hydrogen (secondary N) is 1. The van der Waals surface area contributed by atoms with Crippen molar-refractivity contribution in [1.82, 2.24) is 10.3 Å². The molecular weight excluding hydrogens is 396 g/mol. The number of carbonyl (C=O) groups excluding carboxylic acids is 1. The molecule has 0 radical (unpaired) electrons. The molecule has 0 saturated carbocycles. The molecule has 0 saturated heterocycles. The zero-order valence-electron chi connectivity index (χ0n) is 18.1. The first-order valence-electron chi connectivity index (χ1n) is 10.0. The van der Waals surface area contributed by atoms with E-state index in [2.05, 4.69) is 41.5 Å². The van der Waals surface area contributed by atoms with Crippen molar-refractivity contribution in [2.24, 2.45) is 0 Å². The molecule has 0 fully saturated rings. The van der Waals surface area contributed by atoms with Gasteiger partial charge in [-0.15, -0.1) is 11.3 Å². The highest BCUT2D eigenvalue weighted by Gasteiger charge is 2.15. The lowest BCUT2D eigenvalue weighted by atomic mass is 10.1. The van der Waals surface area contributed by atoms with Crippen LogP contribution in [-0.2, 0) is 11.2 Å². The molecule has 6 heteroatoms. The molecular formula is C24H28N2O3S. The maximum absolute atomic E-state index is 12.6. The number of aryl methyl sites for hydroxylation is 1. The van der Waals surface area contributed by atoms with Gasteiger partial charge in [-0.1, -0.05) is 35.9 Å². The molecule has 30 heavy (non-hydrogen) atoms. The normalized spacial score (nSPS) is 11.9. The van der Waals surface area contributed by atoms with Crippen molar-refractivity contribution in [1.29, 1.82) is 0 Å². The van der Waals surface area contributed by atoms with Gasteiger partial charge in [0.25, 0.3) is 0 Å². The first-order chi connectivity index (χ1) is 14.4. The number of thiazole rings is 1. The number of ether oxygens (including phenoxy) is 2. The summed E-state index contributed by atoms with van der Waals surface area (Å²) in [5, 5.41) is 5.91. The SMILES string of the molecule is COc1cc(C(C)NC(=O)Cc2csc(-c3ccc(C)cc3)n2)ccc1OC(C)C. The summed E-state index contributed by atoms with van der Waals surface area (Å²) in [6.45, 7) is 7.95. The predicted molar refractivity (Wildman–Crippen MR) is 121 cm³/mol. The van der Waals surface area contributed by atoms with E-state index in [4.69, 9.17) is 9.47 Å². The topological polar surface area (TPSA) is 60.5 Å². The van der Waals surface area contributed by atoms with Gasteiger partial charge < -0.3 is 14.8 Å². The molecule has 1 aromatic heterocycles. The van der Waals surface area contributed by atoms with Gasteiger partial charge in [-0.3, -0.25) is 4.79 Å². The summed E-state index contributed by atoms with van der Waals surface area (Å²) in [7, 11) is 1.61. The van der Waals surface area contributed by atoms with Crippen LogP contribution in [0.25, 0.3) is 10.6 Å². The van der Waals surface area contributed by atoms with Crippen LogP contribution in [0.1, 0.15) is 43.6 Å². The van der Waals surface area contributed by atoms with Crippen molar-refractivity contribution < 1.29 is 14.3 Å². The van der Waals surface area contributed by atoms with Gasteiger partial charge in [-0.25, -0.2) is 4.98 Å². The maximum Gasteiger partial charge on any atom is 0.226 e. The number of aromatic nitrogens is 1. The molecule has 158 valence electrons. The van der Waals surface area contributed by atoms with Crippen LogP contribution in [0.3, 0.4) is 0 Å². The predicted octanol–water partition coefficient (Wildman–Crippen LogP) is 5.33. The molecule has 1 N–H and O–H groups in total. The summed E-state index contributed by atoms with van der Waals surface area (Å²) >= 11 is 1.56. The van der Waals surface area contributed by atoms with Crippen LogP contribution in [0, 0.1) is 6.92 Å². The number of amides is 1. The van der Waals surface area contributed by atoms with Crippen molar-refractivity contribution in [2.45, 2.75) is 46.3 Å². The van der Waals surface area contributed by atoms with Crippen LogP contribution in [-0.4, -0.2) is 24.1 Å². The Morgan fingerprint density at radius 1 is 1.10 bits per heavy atom. The maximum atomic E-state index is 12.6. The van der Waals surface area contributed by atoms with E-state index in [1.165, 1.54) is 5.56 Å². The number of hydrogen-bond donors (Lipinski definition) is 1. The molecule has 0 bridgehead atoms. The van der Waals surface area contributed by atoms with Crippen molar-refractivity contribution in [2.75, 3.05) is 7.11 Å². The third kappa shape index (κ3) is 5.60. The summed E-state index contributed by atoms with van der Waals surface area (Å²) in [4.78, 5) is 17.2. The summed E-state index contributed by atoms with van der Waals surface area (Å²) in [6, 6.07) is 13.8. The summed E-state index contributed by atoms with van der Waals surface area (Å²) in [5.41, 5.74) is 4.01. The van der Waals surface area contributed by atoms with Crippen molar-refractivity contribution in [3.63, 3.8) is 0 Å². The molecule has 5 nitrogen and oxygen atoms in total. The average Bonchev–Trinajstić information content (AvgIpc) is 3.16. The quantitative estimate of drug-likeness (QED) is 0.531. The third-order valence-electron chi connectivity index (χ3n) is 4.62. The minimum Gasteiger partial charge on any atom is -0.493 e. The molecule has 1 atom stereocenters. The first-order valence-corrected chi connectivity index (χ1v) is 10.9. The van der Waals surface area contributed by atoms with Gasteiger partial charge in [0.15, 0.2) is 11.5 Å². The lowest BCUT2D eigenvalue weighted by molar-refractivity contribution is -0.121. The largest absolute Gasteiger partial charge is 0.493 e. The molecule has 0 aliphatic heterocycles. The Balaban J connectivity index is 1.63. The second-order valence-electron chi connectivity index (χ2n) is 7.55. The molecule has 1 unspecified atom stereocenters. The second-order valence-corrected chi connectivity index (χ2v) is 8.41. The Kier molecular flexibility index (Phi) is 7.11. The Morgan fingerprint density at radius 2 is 1.83 bits per heavy atom. The van der Waals surface area contributed by atoms with E-state index in [0.29, 0.717) is 11.5 Å². The minimum atomic E-state index is -0.158. The van der Waals surface area contributed by atoms with E-state index in [0.717, 1.165) is 21.8 Å². The van der Waals surface area contributed by atoms with Gasteiger partial charge in [0, 0.05) is 10.9 Å². The van der Waals surface area contributed by atoms with Gasteiger partial charge >= 0.3 is 0 Å². The number of hydrogen-bond acceptors (Lipinski definition) is 5. The average molecular weight is 425 g/mol. The van der Waals surface area contributed by atoms with Crippen LogP contribution >= 0.6 is 11.3 Å². The minimum absolute atomic E-state index is 0.0600. The molecule has 0 aliphatic carbocycles. The van der Waals surface area contributed by atoms with Gasteiger partial charge in [-0.05, 0) is 45.4 Å². The summed E-state index contributed by atoms with van der Waals surface area (Å²) in [5.74, 6) is 1.29. The van der Waals surface area contributed by atoms with Gasteiger partial charge in [0.1, 0.15) is 5.01 Å². The number of nitrogens with zero attached hydrogens (tertiary/aromatic N) is 1. The van der Waals surface area contributed by atoms with E-state index >= 15 is 0 Å². The van der Waals surface area contributed by atoms with Gasteiger partial charge in [-0.2, -0.15) is 0 Å². The highest BCUT2D eigenvalue weighted by Crippen LogP contribution is 2.31. The fourth-order valence-electron chi connectivity index (χ4n) is 3.06. The Morgan fingerprint density at radius 3 is 2.50 bits per heavy atom. The first kappa shape index (κ1) is 21.8. The van der Waals surface area contributed by atoms with Gasteiger partial charge in [0.05, 0.1) is 31.4 Å². The van der Waals surface area contributed by atoms with Crippen LogP contribution in [0.4, 0.5) is 0 Å². The molecule has 1 amide bonds. The van der Waals surface area contributed by atoms with E-state index in [1.807, 2.05) is 44.4 Å². The third-order valence-corrected chi connectivity index (χ3v) is 5.56. The lowest BCUT2D eigenvalue weighted by Crippen LogP contribution is -2.28. The Hall–Kier alpha value is -2.86. The van der Waals surface area contributed by atoms with Crippen LogP contribution < -0.4 is 14.8 Å². The molecule has 1 heterocycles. The molecule has 2 aromatic carbocycles. The standard InChI is InChI=1S/C24H28N2O3S/c1-15(2)29-21-11-10-19(12-22(21)28-5)17(4)25-23(27)13-20-14-30-24(26-20)18-8-6-16(3)7-9-18/h6-12,14-15,17H,13H2,1-5H3,(H,25,27). The zero-order valence-corrected chi connectivity index (χ0v) is 18.9. The number of rotatable bonds is 8. The summed E-state index contributed by atoms with van der Waals surface area (Å²) < 4.78 is 11.2. The van der Waals surface area contributed by atoms with Crippen LogP contribution in [0.15, 0.2) is 47.8 Å². The smallest absolute Gasteiger partial charge is 0.226 e. The second kappa shape index (κ2) is 9.76.